The summed E-state index contributed by atoms with van der Waals surface area (Å²) in [5.74, 6) is -0.622. The predicted molar refractivity (Wildman–Crippen MR) is 162 cm³/mol. The van der Waals surface area contributed by atoms with Crippen molar-refractivity contribution in [1.82, 2.24) is 0 Å². The zero-order valence-corrected chi connectivity index (χ0v) is 26.5. The molecule has 1 aliphatic rings. The number of aldehydes is 1. The van der Waals surface area contributed by atoms with Gasteiger partial charge in [-0.05, 0) is 110 Å². The Morgan fingerprint density at radius 2 is 1.68 bits per heavy atom. The van der Waals surface area contributed by atoms with E-state index in [1.165, 1.54) is 25.0 Å². The maximum absolute atomic E-state index is 11.9. The average molecular weight is 559 g/mol. The number of allylic oxidation sites excluding steroid dienone is 6. The van der Waals surface area contributed by atoms with Crippen LogP contribution < -0.4 is 0 Å². The van der Waals surface area contributed by atoms with Gasteiger partial charge in [0.05, 0.1) is 12.2 Å². The lowest BCUT2D eigenvalue weighted by Crippen LogP contribution is -2.52. The quantitative estimate of drug-likeness (QED) is 0.0726. The fourth-order valence-corrected chi connectivity index (χ4v) is 5.84. The normalized spacial score (nSPS) is 25.6. The first-order chi connectivity index (χ1) is 18.6. The summed E-state index contributed by atoms with van der Waals surface area (Å²) in [6, 6.07) is 0. The van der Waals surface area contributed by atoms with Crippen LogP contribution in [0.5, 0.6) is 0 Å². The lowest BCUT2D eigenvalue weighted by molar-refractivity contribution is -0.144. The topological polar surface area (TPSA) is 89.9 Å². The molecule has 1 fully saturated rings. The SMILES string of the molecule is CC(=O)OCCCC1C(=C(C)C=O)CCC(C)(O)C1(C)CCC=C(C)C(CC=C(C)CCC=C(C)C)OC(C)=O. The third-order valence-electron chi connectivity index (χ3n) is 8.64. The van der Waals surface area contributed by atoms with Crippen molar-refractivity contribution in [1.29, 1.82) is 0 Å². The van der Waals surface area contributed by atoms with Gasteiger partial charge in [0.25, 0.3) is 0 Å². The number of ether oxygens (including phenoxy) is 2. The molecule has 0 aromatic carbocycles. The summed E-state index contributed by atoms with van der Waals surface area (Å²) < 4.78 is 10.9. The monoisotopic (exact) mass is 558 g/mol. The zero-order valence-electron chi connectivity index (χ0n) is 26.5. The molecular formula is C34H54O6. The Morgan fingerprint density at radius 3 is 2.25 bits per heavy atom. The predicted octanol–water partition coefficient (Wildman–Crippen LogP) is 7.75. The smallest absolute Gasteiger partial charge is 0.303 e. The summed E-state index contributed by atoms with van der Waals surface area (Å²) in [7, 11) is 0. The largest absolute Gasteiger partial charge is 0.466 e. The minimum atomic E-state index is -0.923. The van der Waals surface area contributed by atoms with Crippen molar-refractivity contribution in [3.05, 3.63) is 46.1 Å². The highest BCUT2D eigenvalue weighted by molar-refractivity contribution is 5.74. The second kappa shape index (κ2) is 16.7. The Morgan fingerprint density at radius 1 is 1.00 bits per heavy atom. The second-order valence-electron chi connectivity index (χ2n) is 12.2. The molecular weight excluding hydrogens is 504 g/mol. The molecule has 6 heteroatoms. The number of carbonyl (C=O) groups is 3. The lowest BCUT2D eigenvalue weighted by Gasteiger charge is -2.53. The van der Waals surface area contributed by atoms with Gasteiger partial charge in [-0.2, -0.15) is 0 Å². The molecule has 0 spiro atoms. The Balaban J connectivity index is 3.14. The molecule has 0 aromatic rings. The molecule has 0 amide bonds. The van der Waals surface area contributed by atoms with Crippen LogP contribution in [0.4, 0.5) is 0 Å². The maximum Gasteiger partial charge on any atom is 0.303 e. The van der Waals surface area contributed by atoms with Gasteiger partial charge in [-0.15, -0.1) is 0 Å². The minimum absolute atomic E-state index is 0.0126. The summed E-state index contributed by atoms with van der Waals surface area (Å²) in [6.07, 6.45) is 13.7. The highest BCUT2D eigenvalue weighted by Gasteiger charge is 2.52. The van der Waals surface area contributed by atoms with E-state index >= 15 is 0 Å². The average Bonchev–Trinajstić information content (AvgIpc) is 2.85. The van der Waals surface area contributed by atoms with Crippen LogP contribution in [0, 0.1) is 11.3 Å². The van der Waals surface area contributed by atoms with E-state index in [0.717, 1.165) is 42.3 Å². The first kappa shape index (κ1) is 35.6. The molecule has 4 atom stereocenters. The van der Waals surface area contributed by atoms with Gasteiger partial charge in [-0.3, -0.25) is 14.4 Å². The summed E-state index contributed by atoms with van der Waals surface area (Å²) in [6.45, 7) is 17.3. The van der Waals surface area contributed by atoms with E-state index in [4.69, 9.17) is 9.47 Å². The molecule has 6 nitrogen and oxygen atoms in total. The maximum atomic E-state index is 11.9. The zero-order chi connectivity index (χ0) is 30.5. The van der Waals surface area contributed by atoms with E-state index in [1.807, 2.05) is 20.8 Å². The number of hydrogen-bond acceptors (Lipinski definition) is 6. The summed E-state index contributed by atoms with van der Waals surface area (Å²) in [5, 5.41) is 11.6. The third-order valence-corrected chi connectivity index (χ3v) is 8.64. The van der Waals surface area contributed by atoms with E-state index in [1.54, 1.807) is 0 Å². The third kappa shape index (κ3) is 11.2. The minimum Gasteiger partial charge on any atom is -0.466 e. The van der Waals surface area contributed by atoms with Gasteiger partial charge in [0, 0.05) is 25.7 Å². The van der Waals surface area contributed by atoms with Gasteiger partial charge in [0.2, 0.25) is 0 Å². The van der Waals surface area contributed by atoms with Crippen LogP contribution in [0.2, 0.25) is 0 Å². The molecule has 1 aliphatic carbocycles. The van der Waals surface area contributed by atoms with E-state index < -0.39 is 11.0 Å². The standard InChI is InChI=1S/C34H54O6/c1-24(2)13-10-14-25(3)17-18-32(40-29(7)37)26(4)15-11-20-33(8)31(16-12-22-39-28(6)36)30(27(5)23-35)19-21-34(33,9)38/h13,15,17,23,31-32,38H,10-12,14,16,18-22H2,1-9H3. The fraction of sp³-hybridized carbons (Fsp3) is 0.676. The molecule has 4 unspecified atom stereocenters. The van der Waals surface area contributed by atoms with E-state index in [-0.39, 0.29) is 24.0 Å². The van der Waals surface area contributed by atoms with Crippen molar-refractivity contribution in [2.24, 2.45) is 11.3 Å². The van der Waals surface area contributed by atoms with Gasteiger partial charge in [-0.25, -0.2) is 0 Å². The second-order valence-corrected chi connectivity index (χ2v) is 12.2. The summed E-state index contributed by atoms with van der Waals surface area (Å²) >= 11 is 0. The van der Waals surface area contributed by atoms with Crippen molar-refractivity contribution in [2.45, 2.75) is 132 Å². The van der Waals surface area contributed by atoms with Crippen molar-refractivity contribution in [2.75, 3.05) is 6.61 Å². The summed E-state index contributed by atoms with van der Waals surface area (Å²) in [4.78, 5) is 34.9. The number of aliphatic hydroxyl groups is 1. The number of hydrogen-bond donors (Lipinski definition) is 1. The summed E-state index contributed by atoms with van der Waals surface area (Å²) in [5.41, 5.74) is 3.99. The molecule has 0 heterocycles. The van der Waals surface area contributed by atoms with Gasteiger partial charge in [-0.1, -0.05) is 41.9 Å². The Labute approximate surface area is 243 Å². The van der Waals surface area contributed by atoms with Crippen molar-refractivity contribution >= 4 is 18.2 Å². The lowest BCUT2D eigenvalue weighted by atomic mass is 9.54. The molecule has 226 valence electrons. The molecule has 0 aromatic heterocycles. The van der Waals surface area contributed by atoms with Crippen molar-refractivity contribution in [3.63, 3.8) is 0 Å². The number of rotatable bonds is 15. The van der Waals surface area contributed by atoms with Crippen LogP contribution in [-0.2, 0) is 23.9 Å². The molecule has 0 bridgehead atoms. The van der Waals surface area contributed by atoms with Gasteiger partial charge < -0.3 is 14.6 Å². The van der Waals surface area contributed by atoms with E-state index in [9.17, 15) is 19.5 Å². The Kier molecular flexibility index (Phi) is 14.9. The Hall–Kier alpha value is -2.47. The fourth-order valence-electron chi connectivity index (χ4n) is 5.84. The van der Waals surface area contributed by atoms with Crippen LogP contribution in [-0.4, -0.2) is 41.6 Å². The van der Waals surface area contributed by atoms with Crippen LogP contribution >= 0.6 is 0 Å². The Bertz CT molecular complexity index is 992. The highest BCUT2D eigenvalue weighted by Crippen LogP contribution is 2.55. The van der Waals surface area contributed by atoms with E-state index in [0.29, 0.717) is 45.1 Å². The van der Waals surface area contributed by atoms with Crippen LogP contribution in [0.15, 0.2) is 46.1 Å². The number of carbonyl (C=O) groups excluding carboxylic acids is 3. The van der Waals surface area contributed by atoms with Crippen LogP contribution in [0.25, 0.3) is 0 Å². The highest BCUT2D eigenvalue weighted by atomic mass is 16.5. The first-order valence-electron chi connectivity index (χ1n) is 14.8. The van der Waals surface area contributed by atoms with Crippen molar-refractivity contribution in [3.8, 4) is 0 Å². The van der Waals surface area contributed by atoms with E-state index in [2.05, 4.69) is 45.9 Å². The molecule has 0 radical (unpaired) electrons. The van der Waals surface area contributed by atoms with Gasteiger partial charge in [0.1, 0.15) is 12.4 Å². The molecule has 40 heavy (non-hydrogen) atoms. The molecule has 0 aliphatic heterocycles. The first-order valence-corrected chi connectivity index (χ1v) is 14.8. The molecule has 1 N–H and O–H groups in total. The van der Waals surface area contributed by atoms with Crippen molar-refractivity contribution < 1.29 is 29.0 Å². The van der Waals surface area contributed by atoms with Crippen LogP contribution in [0.1, 0.15) is 120 Å². The molecule has 1 rings (SSSR count). The molecule has 1 saturated carbocycles. The molecule has 0 saturated heterocycles. The van der Waals surface area contributed by atoms with Crippen LogP contribution in [0.3, 0.4) is 0 Å². The van der Waals surface area contributed by atoms with Gasteiger partial charge in [0.15, 0.2) is 0 Å². The van der Waals surface area contributed by atoms with Gasteiger partial charge >= 0.3 is 11.9 Å². The number of esters is 2.